The number of nitrogens with two attached hydrogens (primary N) is 1. The van der Waals surface area contributed by atoms with Crippen molar-refractivity contribution in [2.45, 2.75) is 37.9 Å². The van der Waals surface area contributed by atoms with Gasteiger partial charge in [-0.05, 0) is 47.9 Å². The highest BCUT2D eigenvalue weighted by Crippen LogP contribution is 2.35. The van der Waals surface area contributed by atoms with Crippen molar-refractivity contribution in [1.82, 2.24) is 20.1 Å². The predicted octanol–water partition coefficient (Wildman–Crippen LogP) is 5.35. The molecule has 1 amide bonds. The Morgan fingerprint density at radius 2 is 1.79 bits per heavy atom. The third-order valence-corrected chi connectivity index (χ3v) is 7.33. The molecule has 1 aliphatic rings. The van der Waals surface area contributed by atoms with Crippen LogP contribution in [0.2, 0.25) is 0 Å². The van der Waals surface area contributed by atoms with Crippen LogP contribution in [0.5, 0.6) is 0 Å². The minimum Gasteiger partial charge on any atom is -0.366 e. The maximum atomic E-state index is 14.2. The van der Waals surface area contributed by atoms with Gasteiger partial charge in [0.15, 0.2) is 5.69 Å². The molecule has 2 aromatic carbocycles. The predicted molar refractivity (Wildman–Crippen MR) is 143 cm³/mol. The molecule has 1 aliphatic heterocycles. The van der Waals surface area contributed by atoms with Crippen LogP contribution in [0.4, 0.5) is 26.3 Å². The number of hydrogen-bond donors (Lipinski definition) is 2. The van der Waals surface area contributed by atoms with Crippen molar-refractivity contribution < 1.29 is 35.9 Å². The van der Waals surface area contributed by atoms with Crippen molar-refractivity contribution >= 4 is 11.7 Å². The fraction of sp³-hybridized carbons (Fsp3) is 0.267. The third kappa shape index (κ3) is 6.77. The number of aromatic nitrogens is 3. The van der Waals surface area contributed by atoms with Gasteiger partial charge in [0.25, 0.3) is 5.91 Å². The number of Topliss-reactive ketones (excluding diaryl/α,β-unsaturated/α-hetero) is 1. The lowest BCUT2D eigenvalue weighted by Crippen LogP contribution is -2.36. The van der Waals surface area contributed by atoms with Crippen molar-refractivity contribution in [3.63, 3.8) is 0 Å². The zero-order chi connectivity index (χ0) is 30.9. The van der Waals surface area contributed by atoms with Gasteiger partial charge in [-0.3, -0.25) is 24.6 Å². The summed E-state index contributed by atoms with van der Waals surface area (Å²) in [4.78, 5) is 31.2. The van der Waals surface area contributed by atoms with E-state index in [1.165, 1.54) is 18.3 Å². The summed E-state index contributed by atoms with van der Waals surface area (Å²) in [5.74, 6) is -4.50. The molecule has 224 valence electrons. The second kappa shape index (κ2) is 12.0. The number of hydrogen-bond acceptors (Lipinski definition) is 5. The molecular formula is C30H25F6N5O2. The molecule has 7 nitrogen and oxygen atoms in total. The highest BCUT2D eigenvalue weighted by Gasteiger charge is 2.39. The fourth-order valence-electron chi connectivity index (χ4n) is 5.46. The summed E-state index contributed by atoms with van der Waals surface area (Å²) >= 11 is 0. The molecule has 5 rings (SSSR count). The first kappa shape index (κ1) is 30.0. The number of amides is 1. The third-order valence-electron chi connectivity index (χ3n) is 7.33. The molecule has 43 heavy (non-hydrogen) atoms. The maximum Gasteiger partial charge on any atom is 0.435 e. The van der Waals surface area contributed by atoms with Gasteiger partial charge in [-0.25, -0.2) is 13.2 Å². The van der Waals surface area contributed by atoms with Gasteiger partial charge < -0.3 is 5.73 Å². The van der Waals surface area contributed by atoms with E-state index in [0.717, 1.165) is 24.3 Å². The van der Waals surface area contributed by atoms with E-state index in [4.69, 9.17) is 5.73 Å². The van der Waals surface area contributed by atoms with E-state index in [0.29, 0.717) is 29.1 Å². The zero-order valence-corrected chi connectivity index (χ0v) is 22.5. The Hall–Kier alpha value is -4.52. The van der Waals surface area contributed by atoms with Crippen LogP contribution in [0.1, 0.15) is 50.9 Å². The average molecular weight is 602 g/mol. The van der Waals surface area contributed by atoms with E-state index in [2.05, 4.69) is 15.2 Å². The monoisotopic (exact) mass is 601 g/mol. The van der Waals surface area contributed by atoms with Gasteiger partial charge in [-0.2, -0.15) is 18.3 Å². The van der Waals surface area contributed by atoms with Gasteiger partial charge in [0.05, 0.1) is 17.8 Å². The van der Waals surface area contributed by atoms with Crippen molar-refractivity contribution in [1.29, 1.82) is 0 Å². The van der Waals surface area contributed by atoms with Crippen LogP contribution < -0.4 is 5.73 Å². The largest absolute Gasteiger partial charge is 0.435 e. The van der Waals surface area contributed by atoms with Crippen LogP contribution in [0, 0.1) is 17.5 Å². The standard InChI is InChI=1S/C30H25F6N5O2/c31-19-9-16(10-20(32)13-19)8-18(27-22(2-1-6-38-27)17-3-4-25(33)23(12-17)29(37)43)11-21(42)14-41-7-5-26-24(15-41)28(40-39-26)30(34,35)36/h1-4,6,9-10,12-13,18H,5,7-8,11,14-15H2,(H2,37,43)(H,39,40)/t18-/m1/s1. The maximum absolute atomic E-state index is 14.2. The van der Waals surface area contributed by atoms with Crippen molar-refractivity contribution in [2.75, 3.05) is 13.1 Å². The van der Waals surface area contributed by atoms with Crippen LogP contribution in [-0.4, -0.2) is 44.9 Å². The van der Waals surface area contributed by atoms with Gasteiger partial charge >= 0.3 is 6.18 Å². The Morgan fingerprint density at radius 1 is 1.05 bits per heavy atom. The van der Waals surface area contributed by atoms with E-state index in [-0.39, 0.29) is 54.8 Å². The summed E-state index contributed by atoms with van der Waals surface area (Å²) in [7, 11) is 0. The van der Waals surface area contributed by atoms with E-state index < -0.39 is 41.1 Å². The molecule has 4 aromatic rings. The number of fused-ring (bicyclic) bond motifs is 1. The molecule has 0 saturated carbocycles. The number of alkyl halides is 3. The number of carbonyl (C=O) groups is 2. The van der Waals surface area contributed by atoms with Gasteiger partial charge in [0.2, 0.25) is 0 Å². The van der Waals surface area contributed by atoms with Crippen LogP contribution >= 0.6 is 0 Å². The molecule has 0 spiro atoms. The summed E-state index contributed by atoms with van der Waals surface area (Å²) in [6.45, 7) is 0.00524. The zero-order valence-electron chi connectivity index (χ0n) is 22.5. The number of primary amides is 1. The topological polar surface area (TPSA) is 105 Å². The summed E-state index contributed by atoms with van der Waals surface area (Å²) in [6, 6.07) is 9.98. The lowest BCUT2D eigenvalue weighted by Gasteiger charge is -2.27. The number of carbonyl (C=O) groups excluding carboxylic acids is 2. The number of pyridine rings is 1. The number of nitrogens with zero attached hydrogens (tertiary/aromatic N) is 3. The van der Waals surface area contributed by atoms with Crippen molar-refractivity contribution in [2.24, 2.45) is 5.73 Å². The number of rotatable bonds is 9. The summed E-state index contributed by atoms with van der Waals surface area (Å²) < 4.78 is 82.6. The van der Waals surface area contributed by atoms with Gasteiger partial charge in [-0.1, -0.05) is 12.1 Å². The van der Waals surface area contributed by atoms with E-state index in [1.54, 1.807) is 17.0 Å². The minimum atomic E-state index is -4.65. The highest BCUT2D eigenvalue weighted by molar-refractivity contribution is 5.94. The van der Waals surface area contributed by atoms with Crippen LogP contribution in [-0.2, 0) is 30.4 Å². The molecule has 0 saturated heterocycles. The Balaban J connectivity index is 1.45. The quantitative estimate of drug-likeness (QED) is 0.252. The second-order valence-corrected chi connectivity index (χ2v) is 10.4. The average Bonchev–Trinajstić information content (AvgIpc) is 3.36. The number of benzene rings is 2. The Kier molecular flexibility index (Phi) is 8.36. The molecule has 1 atom stereocenters. The van der Waals surface area contributed by atoms with Gasteiger partial charge in [0, 0.05) is 60.9 Å². The molecule has 3 heterocycles. The highest BCUT2D eigenvalue weighted by atomic mass is 19.4. The SMILES string of the molecule is NC(=O)c1cc(-c2cccnc2[C@@H](CC(=O)CN2CCc3[nH]nc(C(F)(F)F)c3C2)Cc2cc(F)cc(F)c2)ccc1F. The van der Waals surface area contributed by atoms with E-state index in [1.807, 2.05) is 0 Å². The van der Waals surface area contributed by atoms with Gasteiger partial charge in [-0.15, -0.1) is 0 Å². The fourth-order valence-corrected chi connectivity index (χ4v) is 5.46. The van der Waals surface area contributed by atoms with Crippen LogP contribution in [0.3, 0.4) is 0 Å². The smallest absolute Gasteiger partial charge is 0.366 e. The molecule has 13 heteroatoms. The molecule has 3 N–H and O–H groups in total. The molecule has 2 aromatic heterocycles. The Bertz CT molecular complexity index is 1670. The molecule has 0 radical (unpaired) electrons. The summed E-state index contributed by atoms with van der Waals surface area (Å²) in [6.07, 6.45) is -3.13. The normalized spacial score (nSPS) is 14.4. The van der Waals surface area contributed by atoms with E-state index in [9.17, 15) is 35.9 Å². The molecule has 0 bridgehead atoms. The number of H-pyrrole nitrogens is 1. The first-order valence-corrected chi connectivity index (χ1v) is 13.3. The van der Waals surface area contributed by atoms with Crippen LogP contribution in [0.15, 0.2) is 54.7 Å². The number of ketones is 1. The van der Waals surface area contributed by atoms with Crippen LogP contribution in [0.25, 0.3) is 11.1 Å². The minimum absolute atomic E-state index is 0.00749. The Labute approximate surface area is 241 Å². The van der Waals surface area contributed by atoms with E-state index >= 15 is 0 Å². The number of nitrogens with one attached hydrogen (secondary N) is 1. The molecular weight excluding hydrogens is 576 g/mol. The summed E-state index contributed by atoms with van der Waals surface area (Å²) in [5, 5.41) is 5.84. The molecule has 0 aliphatic carbocycles. The number of aromatic amines is 1. The Morgan fingerprint density at radius 3 is 2.49 bits per heavy atom. The summed E-state index contributed by atoms with van der Waals surface area (Å²) in [5.41, 5.74) is 5.73. The van der Waals surface area contributed by atoms with Gasteiger partial charge in [0.1, 0.15) is 23.2 Å². The molecule has 0 fully saturated rings. The lowest BCUT2D eigenvalue weighted by molar-refractivity contribution is -0.142. The lowest BCUT2D eigenvalue weighted by atomic mass is 9.86. The first-order valence-electron chi connectivity index (χ1n) is 13.3. The first-order chi connectivity index (χ1) is 20.4. The number of halogens is 6. The molecule has 0 unspecified atom stereocenters. The second-order valence-electron chi connectivity index (χ2n) is 10.4. The van der Waals surface area contributed by atoms with Crippen molar-refractivity contribution in [3.8, 4) is 11.1 Å². The van der Waals surface area contributed by atoms with Crippen molar-refractivity contribution in [3.05, 3.63) is 106 Å².